The summed E-state index contributed by atoms with van der Waals surface area (Å²) < 4.78 is 0. The molecule has 1 aromatic rings. The summed E-state index contributed by atoms with van der Waals surface area (Å²) in [6.45, 7) is 6.50. The van der Waals surface area contributed by atoms with E-state index in [2.05, 4.69) is 24.3 Å². The van der Waals surface area contributed by atoms with E-state index in [-0.39, 0.29) is 6.04 Å². The lowest BCUT2D eigenvalue weighted by molar-refractivity contribution is 0.448. The summed E-state index contributed by atoms with van der Waals surface area (Å²) in [5.41, 5.74) is 4.95. The third-order valence-electron chi connectivity index (χ3n) is 2.74. The number of aromatic nitrogens is 1. The number of pyridine rings is 1. The number of nitrogens with one attached hydrogen (secondary N) is 1. The van der Waals surface area contributed by atoms with Crippen molar-refractivity contribution in [1.29, 1.82) is 0 Å². The van der Waals surface area contributed by atoms with Crippen molar-refractivity contribution < 1.29 is 0 Å². The molecule has 0 aliphatic rings. The molecule has 0 radical (unpaired) electrons. The molecule has 1 rings (SSSR count). The van der Waals surface area contributed by atoms with E-state index in [1.165, 1.54) is 12.8 Å². The first kappa shape index (κ1) is 13.1. The molecule has 3 N–H and O–H groups in total. The minimum Gasteiger partial charge on any atom is -0.271 e. The van der Waals surface area contributed by atoms with Crippen LogP contribution in [-0.2, 0) is 0 Å². The zero-order chi connectivity index (χ0) is 12.0. The fourth-order valence-electron chi connectivity index (χ4n) is 1.81. The van der Waals surface area contributed by atoms with E-state index in [1.807, 2.05) is 25.1 Å². The molecule has 1 aromatic heterocycles. The van der Waals surface area contributed by atoms with Crippen molar-refractivity contribution in [3.8, 4) is 0 Å². The van der Waals surface area contributed by atoms with E-state index in [9.17, 15) is 0 Å². The predicted molar refractivity (Wildman–Crippen MR) is 67.7 cm³/mol. The van der Waals surface area contributed by atoms with Gasteiger partial charge in [-0.15, -0.1) is 0 Å². The fourth-order valence-corrected chi connectivity index (χ4v) is 1.81. The van der Waals surface area contributed by atoms with E-state index in [0.29, 0.717) is 0 Å². The second-order valence-corrected chi connectivity index (χ2v) is 4.75. The van der Waals surface area contributed by atoms with Crippen molar-refractivity contribution in [2.24, 2.45) is 11.8 Å². The van der Waals surface area contributed by atoms with Crippen LogP contribution in [0.1, 0.15) is 50.5 Å². The lowest BCUT2D eigenvalue weighted by atomic mass is 10.0. The molecule has 0 saturated heterocycles. The van der Waals surface area contributed by atoms with Crippen LogP contribution < -0.4 is 11.3 Å². The van der Waals surface area contributed by atoms with Gasteiger partial charge in [0.25, 0.3) is 0 Å². The molecule has 0 bridgehead atoms. The quantitative estimate of drug-likeness (QED) is 0.573. The standard InChI is InChI=1S/C13H23N3/c1-10(2)6-4-9-13(16-14)12-8-5-7-11(3)15-12/h5,7-8,10,13,16H,4,6,9,14H2,1-3H3. The van der Waals surface area contributed by atoms with Crippen molar-refractivity contribution in [2.75, 3.05) is 0 Å². The maximum absolute atomic E-state index is 5.58. The van der Waals surface area contributed by atoms with Gasteiger partial charge in [0.1, 0.15) is 0 Å². The molecule has 0 saturated carbocycles. The molecule has 0 aliphatic carbocycles. The topological polar surface area (TPSA) is 50.9 Å². The average Bonchev–Trinajstić information content (AvgIpc) is 2.24. The Kier molecular flexibility index (Phi) is 5.43. The zero-order valence-corrected chi connectivity index (χ0v) is 10.5. The number of nitrogens with two attached hydrogens (primary N) is 1. The van der Waals surface area contributed by atoms with Crippen molar-refractivity contribution in [3.05, 3.63) is 29.6 Å². The van der Waals surface area contributed by atoms with Gasteiger partial charge >= 0.3 is 0 Å². The summed E-state index contributed by atoms with van der Waals surface area (Å²) in [7, 11) is 0. The summed E-state index contributed by atoms with van der Waals surface area (Å²) in [5.74, 6) is 6.34. The smallest absolute Gasteiger partial charge is 0.0632 e. The van der Waals surface area contributed by atoms with Crippen LogP contribution in [-0.4, -0.2) is 4.98 Å². The summed E-state index contributed by atoms with van der Waals surface area (Å²) in [4.78, 5) is 4.50. The van der Waals surface area contributed by atoms with Crippen LogP contribution in [0, 0.1) is 12.8 Å². The molecule has 16 heavy (non-hydrogen) atoms. The Balaban J connectivity index is 2.53. The third-order valence-corrected chi connectivity index (χ3v) is 2.74. The van der Waals surface area contributed by atoms with Gasteiger partial charge in [0.2, 0.25) is 0 Å². The predicted octanol–water partition coefficient (Wildman–Crippen LogP) is 2.72. The molecule has 90 valence electrons. The van der Waals surface area contributed by atoms with Gasteiger partial charge in [-0.25, -0.2) is 0 Å². The van der Waals surface area contributed by atoms with Crippen molar-refractivity contribution in [2.45, 2.75) is 46.1 Å². The number of aryl methyl sites for hydroxylation is 1. The Morgan fingerprint density at radius 1 is 1.31 bits per heavy atom. The maximum atomic E-state index is 5.58. The van der Waals surface area contributed by atoms with Crippen LogP contribution in [0.25, 0.3) is 0 Å². The zero-order valence-electron chi connectivity index (χ0n) is 10.5. The van der Waals surface area contributed by atoms with Crippen LogP contribution in [0.15, 0.2) is 18.2 Å². The molecule has 3 nitrogen and oxygen atoms in total. The number of hydrazine groups is 1. The highest BCUT2D eigenvalue weighted by Crippen LogP contribution is 2.18. The van der Waals surface area contributed by atoms with Crippen LogP contribution in [0.4, 0.5) is 0 Å². The summed E-state index contributed by atoms with van der Waals surface area (Å²) in [5, 5.41) is 0. The molecule has 0 aromatic carbocycles. The SMILES string of the molecule is Cc1cccc(C(CCCC(C)C)NN)n1. The van der Waals surface area contributed by atoms with Crippen molar-refractivity contribution in [3.63, 3.8) is 0 Å². The van der Waals surface area contributed by atoms with Gasteiger partial charge in [0, 0.05) is 5.69 Å². The normalized spacial score (nSPS) is 13.1. The Bertz CT molecular complexity index is 310. The highest BCUT2D eigenvalue weighted by Gasteiger charge is 2.10. The summed E-state index contributed by atoms with van der Waals surface area (Å²) in [6.07, 6.45) is 3.47. The Morgan fingerprint density at radius 3 is 2.62 bits per heavy atom. The van der Waals surface area contributed by atoms with Gasteiger partial charge < -0.3 is 0 Å². The molecular formula is C13H23N3. The largest absolute Gasteiger partial charge is 0.271 e. The lowest BCUT2D eigenvalue weighted by Gasteiger charge is -2.16. The number of hydrogen-bond acceptors (Lipinski definition) is 3. The summed E-state index contributed by atoms with van der Waals surface area (Å²) >= 11 is 0. The molecular weight excluding hydrogens is 198 g/mol. The molecule has 0 spiro atoms. The number of nitrogens with zero attached hydrogens (tertiary/aromatic N) is 1. The van der Waals surface area contributed by atoms with Gasteiger partial charge in [-0.1, -0.05) is 32.8 Å². The second-order valence-electron chi connectivity index (χ2n) is 4.75. The van der Waals surface area contributed by atoms with Crippen LogP contribution in [0.3, 0.4) is 0 Å². The molecule has 1 unspecified atom stereocenters. The van der Waals surface area contributed by atoms with E-state index in [0.717, 1.165) is 23.7 Å². The minimum atomic E-state index is 0.179. The van der Waals surface area contributed by atoms with Gasteiger partial charge in [-0.2, -0.15) is 0 Å². The molecule has 0 fully saturated rings. The van der Waals surface area contributed by atoms with E-state index in [1.54, 1.807) is 0 Å². The first-order valence-electron chi connectivity index (χ1n) is 6.03. The van der Waals surface area contributed by atoms with E-state index < -0.39 is 0 Å². The van der Waals surface area contributed by atoms with E-state index >= 15 is 0 Å². The highest BCUT2D eigenvalue weighted by molar-refractivity contribution is 5.13. The van der Waals surface area contributed by atoms with Gasteiger partial charge in [-0.05, 0) is 31.4 Å². The van der Waals surface area contributed by atoms with Gasteiger partial charge in [-0.3, -0.25) is 16.3 Å². The van der Waals surface area contributed by atoms with Crippen LogP contribution in [0.5, 0.6) is 0 Å². The number of rotatable bonds is 6. The van der Waals surface area contributed by atoms with Crippen molar-refractivity contribution in [1.82, 2.24) is 10.4 Å². The number of hydrogen-bond donors (Lipinski definition) is 2. The Labute approximate surface area is 98.4 Å². The van der Waals surface area contributed by atoms with Gasteiger partial charge in [0.05, 0.1) is 11.7 Å². The molecule has 0 aliphatic heterocycles. The highest BCUT2D eigenvalue weighted by atomic mass is 15.2. The van der Waals surface area contributed by atoms with Gasteiger partial charge in [0.15, 0.2) is 0 Å². The lowest BCUT2D eigenvalue weighted by Crippen LogP contribution is -2.28. The van der Waals surface area contributed by atoms with Crippen LogP contribution >= 0.6 is 0 Å². The second kappa shape index (κ2) is 6.61. The van der Waals surface area contributed by atoms with Crippen LogP contribution in [0.2, 0.25) is 0 Å². The Morgan fingerprint density at radius 2 is 2.06 bits per heavy atom. The first-order chi connectivity index (χ1) is 7.63. The van der Waals surface area contributed by atoms with Crippen molar-refractivity contribution >= 4 is 0 Å². The average molecular weight is 221 g/mol. The molecule has 0 amide bonds. The van der Waals surface area contributed by atoms with E-state index in [4.69, 9.17) is 5.84 Å². The molecule has 1 atom stereocenters. The first-order valence-corrected chi connectivity index (χ1v) is 6.03. The fraction of sp³-hybridized carbons (Fsp3) is 0.615. The molecule has 3 heteroatoms. The minimum absolute atomic E-state index is 0.179. The monoisotopic (exact) mass is 221 g/mol. The Hall–Kier alpha value is -0.930. The molecule has 1 heterocycles. The maximum Gasteiger partial charge on any atom is 0.0632 e. The third kappa shape index (κ3) is 4.29. The summed E-state index contributed by atoms with van der Waals surface area (Å²) in [6, 6.07) is 6.25.